The molecular weight excluding hydrogens is 276 g/mol. The maximum Gasteiger partial charge on any atom is 0.124 e. The fourth-order valence-corrected chi connectivity index (χ4v) is 5.53. The maximum absolute atomic E-state index is 6.27. The van der Waals surface area contributed by atoms with Gasteiger partial charge in [0.25, 0.3) is 0 Å². The molecule has 0 radical (unpaired) electrons. The zero-order chi connectivity index (χ0) is 14.3. The third kappa shape index (κ3) is 1.62. The number of hydrogen-bond acceptors (Lipinski definition) is 3. The van der Waals surface area contributed by atoms with Crippen LogP contribution in [0.3, 0.4) is 0 Å². The van der Waals surface area contributed by atoms with Crippen molar-refractivity contribution in [1.29, 1.82) is 0 Å². The van der Waals surface area contributed by atoms with Gasteiger partial charge < -0.3 is 14.2 Å². The number of ether oxygens (including phenoxy) is 3. The summed E-state index contributed by atoms with van der Waals surface area (Å²) >= 11 is 0. The summed E-state index contributed by atoms with van der Waals surface area (Å²) < 4.78 is 18.2. The summed E-state index contributed by atoms with van der Waals surface area (Å²) in [7, 11) is 0. The zero-order valence-corrected chi connectivity index (χ0v) is 12.7. The Kier molecular flexibility index (Phi) is 2.35. The van der Waals surface area contributed by atoms with Gasteiger partial charge in [-0.25, -0.2) is 0 Å². The summed E-state index contributed by atoms with van der Waals surface area (Å²) in [6.07, 6.45) is 8.61. The monoisotopic (exact) mass is 298 g/mol. The van der Waals surface area contributed by atoms with Crippen LogP contribution in [0.2, 0.25) is 0 Å². The largest absolute Gasteiger partial charge is 0.369 e. The lowest BCUT2D eigenvalue weighted by Crippen LogP contribution is -2.28. The molecule has 3 saturated heterocycles. The molecule has 22 heavy (non-hydrogen) atoms. The van der Waals surface area contributed by atoms with Gasteiger partial charge in [0, 0.05) is 0 Å². The molecule has 0 aromatic heterocycles. The highest BCUT2D eigenvalue weighted by Crippen LogP contribution is 2.66. The maximum atomic E-state index is 6.27. The van der Waals surface area contributed by atoms with E-state index in [9.17, 15) is 0 Å². The van der Waals surface area contributed by atoms with Crippen molar-refractivity contribution in [2.75, 3.05) is 0 Å². The van der Waals surface area contributed by atoms with E-state index in [0.29, 0.717) is 24.4 Å². The van der Waals surface area contributed by atoms with Crippen LogP contribution in [-0.4, -0.2) is 30.0 Å². The van der Waals surface area contributed by atoms with Crippen LogP contribution in [0.1, 0.15) is 43.8 Å². The minimum absolute atomic E-state index is 0.0486. The van der Waals surface area contributed by atoms with Gasteiger partial charge in [-0.2, -0.15) is 0 Å². The molecule has 8 unspecified atom stereocenters. The van der Waals surface area contributed by atoms with Gasteiger partial charge in [0.15, 0.2) is 0 Å². The Bertz CT molecular complexity index is 602. The SMILES string of the molecule is c1ccc(C2OC2C23CCC(C4CCCC5OC54)C2O3)cc1. The number of benzene rings is 1. The first-order valence-corrected chi connectivity index (χ1v) is 8.90. The highest BCUT2D eigenvalue weighted by atomic mass is 16.7. The fourth-order valence-electron chi connectivity index (χ4n) is 5.53. The van der Waals surface area contributed by atoms with Gasteiger partial charge in [0.05, 0.1) is 18.3 Å². The highest BCUT2D eigenvalue weighted by molar-refractivity contribution is 5.30. The van der Waals surface area contributed by atoms with Gasteiger partial charge in [0.2, 0.25) is 0 Å². The van der Waals surface area contributed by atoms with Crippen molar-refractivity contribution in [3.8, 4) is 0 Å². The van der Waals surface area contributed by atoms with E-state index in [1.807, 2.05) is 0 Å². The molecule has 0 amide bonds. The molecule has 3 nitrogen and oxygen atoms in total. The van der Waals surface area contributed by atoms with E-state index in [-0.39, 0.29) is 11.7 Å². The van der Waals surface area contributed by atoms with Crippen LogP contribution in [0.4, 0.5) is 0 Å². The Labute approximate surface area is 130 Å². The molecule has 3 heteroatoms. The van der Waals surface area contributed by atoms with Crippen molar-refractivity contribution < 1.29 is 14.2 Å². The van der Waals surface area contributed by atoms with E-state index < -0.39 is 0 Å². The average Bonchev–Trinajstić information content (AvgIpc) is 3.45. The Morgan fingerprint density at radius 1 is 0.909 bits per heavy atom. The molecule has 5 aliphatic rings. The molecule has 116 valence electrons. The second kappa shape index (κ2) is 4.14. The molecule has 1 aromatic rings. The van der Waals surface area contributed by atoms with Crippen LogP contribution < -0.4 is 0 Å². The Hall–Kier alpha value is -0.900. The summed E-state index contributed by atoms with van der Waals surface area (Å²) in [5.41, 5.74) is 1.36. The lowest BCUT2D eigenvalue weighted by atomic mass is 9.78. The number of rotatable bonds is 3. The van der Waals surface area contributed by atoms with Crippen LogP contribution in [0.5, 0.6) is 0 Å². The molecule has 2 saturated carbocycles. The molecule has 6 rings (SSSR count). The third-order valence-electron chi connectivity index (χ3n) is 6.75. The first-order chi connectivity index (χ1) is 10.9. The first kappa shape index (κ1) is 12.5. The van der Waals surface area contributed by atoms with Crippen molar-refractivity contribution in [3.05, 3.63) is 35.9 Å². The van der Waals surface area contributed by atoms with Crippen molar-refractivity contribution in [2.45, 2.75) is 68.2 Å². The topological polar surface area (TPSA) is 37.6 Å². The minimum Gasteiger partial charge on any atom is -0.369 e. The van der Waals surface area contributed by atoms with Crippen molar-refractivity contribution in [3.63, 3.8) is 0 Å². The van der Waals surface area contributed by atoms with Crippen LogP contribution in [0, 0.1) is 11.8 Å². The first-order valence-electron chi connectivity index (χ1n) is 8.90. The van der Waals surface area contributed by atoms with E-state index in [2.05, 4.69) is 30.3 Å². The van der Waals surface area contributed by atoms with Gasteiger partial charge in [0.1, 0.15) is 17.8 Å². The number of fused-ring (bicyclic) bond motifs is 2. The van der Waals surface area contributed by atoms with E-state index in [4.69, 9.17) is 14.2 Å². The fraction of sp³-hybridized carbons (Fsp3) is 0.684. The number of epoxide rings is 3. The molecular formula is C19H22O3. The molecule has 2 aliphatic carbocycles. The normalized spacial score (nSPS) is 54.5. The van der Waals surface area contributed by atoms with E-state index >= 15 is 0 Å². The molecule has 0 spiro atoms. The van der Waals surface area contributed by atoms with Crippen molar-refractivity contribution >= 4 is 0 Å². The molecule has 3 aliphatic heterocycles. The molecule has 0 N–H and O–H groups in total. The van der Waals surface area contributed by atoms with Crippen molar-refractivity contribution in [1.82, 2.24) is 0 Å². The van der Waals surface area contributed by atoms with Crippen LogP contribution in [-0.2, 0) is 14.2 Å². The minimum atomic E-state index is 0.0486. The smallest absolute Gasteiger partial charge is 0.124 e. The lowest BCUT2D eigenvalue weighted by molar-refractivity contribution is 0.145. The van der Waals surface area contributed by atoms with Crippen LogP contribution >= 0.6 is 0 Å². The van der Waals surface area contributed by atoms with Crippen molar-refractivity contribution in [2.24, 2.45) is 11.8 Å². The Morgan fingerprint density at radius 2 is 1.82 bits per heavy atom. The van der Waals surface area contributed by atoms with Crippen LogP contribution in [0.15, 0.2) is 30.3 Å². The lowest BCUT2D eigenvalue weighted by Gasteiger charge is -2.24. The molecule has 3 heterocycles. The highest BCUT2D eigenvalue weighted by Gasteiger charge is 2.76. The molecule has 1 aromatic carbocycles. The van der Waals surface area contributed by atoms with Crippen LogP contribution in [0.25, 0.3) is 0 Å². The Balaban J connectivity index is 1.19. The van der Waals surface area contributed by atoms with Gasteiger partial charge in [-0.1, -0.05) is 36.8 Å². The summed E-state index contributed by atoms with van der Waals surface area (Å²) in [5, 5.41) is 0. The summed E-state index contributed by atoms with van der Waals surface area (Å²) in [4.78, 5) is 0. The second-order valence-electron chi connectivity index (χ2n) is 7.82. The average molecular weight is 298 g/mol. The molecule has 8 atom stereocenters. The summed E-state index contributed by atoms with van der Waals surface area (Å²) in [6, 6.07) is 10.6. The van der Waals surface area contributed by atoms with Gasteiger partial charge in [-0.05, 0) is 43.1 Å². The van der Waals surface area contributed by atoms with Gasteiger partial charge in [-0.15, -0.1) is 0 Å². The molecule has 0 bridgehead atoms. The number of hydrogen-bond donors (Lipinski definition) is 0. The predicted octanol–water partition coefficient (Wildman–Crippen LogP) is 3.24. The van der Waals surface area contributed by atoms with Gasteiger partial charge >= 0.3 is 0 Å². The van der Waals surface area contributed by atoms with E-state index in [0.717, 1.165) is 11.8 Å². The zero-order valence-electron chi connectivity index (χ0n) is 12.7. The quantitative estimate of drug-likeness (QED) is 0.804. The Morgan fingerprint density at radius 3 is 2.68 bits per heavy atom. The summed E-state index contributed by atoms with van der Waals surface area (Å²) in [6.45, 7) is 0. The standard InChI is InChI=1S/C19H22O3/c1-2-5-11(6-3-1)15-18(21-15)19-10-9-13(17(19)22-19)12-7-4-8-14-16(12)20-14/h1-3,5-6,12-18H,4,7-10H2. The second-order valence-corrected chi connectivity index (χ2v) is 7.82. The van der Waals surface area contributed by atoms with E-state index in [1.165, 1.54) is 37.7 Å². The predicted molar refractivity (Wildman–Crippen MR) is 80.4 cm³/mol. The summed E-state index contributed by atoms with van der Waals surface area (Å²) in [5.74, 6) is 1.47. The third-order valence-corrected chi connectivity index (χ3v) is 6.75. The van der Waals surface area contributed by atoms with Gasteiger partial charge in [-0.3, -0.25) is 0 Å². The molecule has 5 fully saturated rings. The van der Waals surface area contributed by atoms with E-state index in [1.54, 1.807) is 0 Å².